The molecule has 2 heteroatoms. The highest BCUT2D eigenvalue weighted by atomic mass is 16.2. The molecule has 0 spiro atoms. The van der Waals surface area contributed by atoms with E-state index >= 15 is 0 Å². The van der Waals surface area contributed by atoms with Crippen molar-refractivity contribution in [2.45, 2.75) is 13.3 Å². The molecule has 0 amide bonds. The molecular weight excluding hydrogens is 162 g/mol. The SMILES string of the molecule is Cc1cccc(N(C)C)c1CCO. The first-order chi connectivity index (χ1) is 6.16. The zero-order valence-corrected chi connectivity index (χ0v) is 8.54. The van der Waals surface area contributed by atoms with Gasteiger partial charge in [0.1, 0.15) is 0 Å². The Morgan fingerprint density at radius 2 is 2.00 bits per heavy atom. The molecule has 1 aromatic rings. The minimum Gasteiger partial charge on any atom is -0.396 e. The molecule has 0 bridgehead atoms. The summed E-state index contributed by atoms with van der Waals surface area (Å²) in [5.41, 5.74) is 3.70. The Balaban J connectivity index is 3.09. The maximum atomic E-state index is 8.93. The maximum absolute atomic E-state index is 8.93. The van der Waals surface area contributed by atoms with E-state index in [1.165, 1.54) is 16.8 Å². The summed E-state index contributed by atoms with van der Waals surface area (Å²) in [7, 11) is 4.05. The Hall–Kier alpha value is -1.02. The van der Waals surface area contributed by atoms with Crippen LogP contribution in [-0.4, -0.2) is 25.8 Å². The monoisotopic (exact) mass is 179 g/mol. The number of rotatable bonds is 3. The van der Waals surface area contributed by atoms with Crippen LogP contribution in [0.3, 0.4) is 0 Å². The van der Waals surface area contributed by atoms with Gasteiger partial charge in [-0.25, -0.2) is 0 Å². The number of anilines is 1. The van der Waals surface area contributed by atoms with Gasteiger partial charge in [0.05, 0.1) is 0 Å². The number of aliphatic hydroxyl groups excluding tert-OH is 1. The predicted octanol–water partition coefficient (Wildman–Crippen LogP) is 1.60. The standard InChI is InChI=1S/C11H17NO/c1-9-5-4-6-11(12(2)3)10(9)7-8-13/h4-6,13H,7-8H2,1-3H3. The topological polar surface area (TPSA) is 23.5 Å². The second-order valence-electron chi connectivity index (χ2n) is 3.44. The van der Waals surface area contributed by atoms with Crippen LogP contribution >= 0.6 is 0 Å². The van der Waals surface area contributed by atoms with Crippen LogP contribution in [0.25, 0.3) is 0 Å². The molecule has 0 atom stereocenters. The highest BCUT2D eigenvalue weighted by Crippen LogP contribution is 2.22. The van der Waals surface area contributed by atoms with Crippen LogP contribution in [0, 0.1) is 6.92 Å². The number of aliphatic hydroxyl groups is 1. The van der Waals surface area contributed by atoms with Gasteiger partial charge in [0, 0.05) is 26.4 Å². The fourth-order valence-electron chi connectivity index (χ4n) is 1.54. The smallest absolute Gasteiger partial charge is 0.0472 e. The number of nitrogens with zero attached hydrogens (tertiary/aromatic N) is 1. The van der Waals surface area contributed by atoms with Gasteiger partial charge >= 0.3 is 0 Å². The van der Waals surface area contributed by atoms with Gasteiger partial charge in [0.15, 0.2) is 0 Å². The Morgan fingerprint density at radius 1 is 1.31 bits per heavy atom. The Bertz CT molecular complexity index is 281. The van der Waals surface area contributed by atoms with E-state index in [-0.39, 0.29) is 6.61 Å². The van der Waals surface area contributed by atoms with Crippen molar-refractivity contribution >= 4 is 5.69 Å². The molecule has 2 nitrogen and oxygen atoms in total. The van der Waals surface area contributed by atoms with Crippen LogP contribution in [0.15, 0.2) is 18.2 Å². The Morgan fingerprint density at radius 3 is 2.54 bits per heavy atom. The van der Waals surface area contributed by atoms with E-state index < -0.39 is 0 Å². The molecular formula is C11H17NO. The zero-order valence-electron chi connectivity index (χ0n) is 8.54. The van der Waals surface area contributed by atoms with Gasteiger partial charge in [-0.15, -0.1) is 0 Å². The lowest BCUT2D eigenvalue weighted by Gasteiger charge is -2.18. The molecule has 0 heterocycles. The van der Waals surface area contributed by atoms with Crippen molar-refractivity contribution in [3.63, 3.8) is 0 Å². The molecule has 0 aliphatic heterocycles. The second kappa shape index (κ2) is 4.28. The molecule has 72 valence electrons. The lowest BCUT2D eigenvalue weighted by atomic mass is 10.0. The minimum absolute atomic E-state index is 0.214. The average molecular weight is 179 g/mol. The van der Waals surface area contributed by atoms with Gasteiger partial charge in [-0.2, -0.15) is 0 Å². The molecule has 1 N–H and O–H groups in total. The third kappa shape index (κ3) is 2.22. The van der Waals surface area contributed by atoms with E-state index in [1.807, 2.05) is 20.2 Å². The molecule has 0 aliphatic rings. The fraction of sp³-hybridized carbons (Fsp3) is 0.455. The highest BCUT2D eigenvalue weighted by Gasteiger charge is 2.05. The zero-order chi connectivity index (χ0) is 9.84. The van der Waals surface area contributed by atoms with Crippen molar-refractivity contribution in [3.05, 3.63) is 29.3 Å². The van der Waals surface area contributed by atoms with Crippen LogP contribution in [0.4, 0.5) is 5.69 Å². The summed E-state index contributed by atoms with van der Waals surface area (Å²) in [6, 6.07) is 6.21. The lowest BCUT2D eigenvalue weighted by molar-refractivity contribution is 0.299. The second-order valence-corrected chi connectivity index (χ2v) is 3.44. The first-order valence-corrected chi connectivity index (χ1v) is 4.53. The summed E-state index contributed by atoms with van der Waals surface area (Å²) in [6.07, 6.45) is 0.736. The van der Waals surface area contributed by atoms with Gasteiger partial charge in [0.25, 0.3) is 0 Å². The van der Waals surface area contributed by atoms with Crippen molar-refractivity contribution in [1.82, 2.24) is 0 Å². The Labute approximate surface area is 79.8 Å². The lowest BCUT2D eigenvalue weighted by Crippen LogP contribution is -2.12. The Kier molecular flexibility index (Phi) is 3.32. The van der Waals surface area contributed by atoms with Gasteiger partial charge in [-0.1, -0.05) is 12.1 Å². The van der Waals surface area contributed by atoms with Crippen molar-refractivity contribution in [2.75, 3.05) is 25.6 Å². The minimum atomic E-state index is 0.214. The van der Waals surface area contributed by atoms with Crippen molar-refractivity contribution in [1.29, 1.82) is 0 Å². The van der Waals surface area contributed by atoms with Crippen LogP contribution in [0.1, 0.15) is 11.1 Å². The maximum Gasteiger partial charge on any atom is 0.0472 e. The molecule has 13 heavy (non-hydrogen) atoms. The molecule has 0 aromatic heterocycles. The molecule has 0 saturated carbocycles. The molecule has 0 radical (unpaired) electrons. The predicted molar refractivity (Wildman–Crippen MR) is 56.3 cm³/mol. The summed E-state index contributed by atoms with van der Waals surface area (Å²) < 4.78 is 0. The molecule has 1 rings (SSSR count). The van der Waals surface area contributed by atoms with Gasteiger partial charge < -0.3 is 10.0 Å². The number of benzene rings is 1. The van der Waals surface area contributed by atoms with E-state index in [9.17, 15) is 0 Å². The van der Waals surface area contributed by atoms with Gasteiger partial charge in [0.2, 0.25) is 0 Å². The highest BCUT2D eigenvalue weighted by molar-refractivity contribution is 5.55. The first-order valence-electron chi connectivity index (χ1n) is 4.53. The molecule has 0 aliphatic carbocycles. The van der Waals surface area contributed by atoms with Crippen LogP contribution < -0.4 is 4.90 Å². The fourth-order valence-corrected chi connectivity index (χ4v) is 1.54. The van der Waals surface area contributed by atoms with Crippen LogP contribution in [0.2, 0.25) is 0 Å². The quantitative estimate of drug-likeness (QED) is 0.761. The summed E-state index contributed by atoms with van der Waals surface area (Å²) >= 11 is 0. The summed E-state index contributed by atoms with van der Waals surface area (Å²) in [4.78, 5) is 2.08. The van der Waals surface area contributed by atoms with Crippen molar-refractivity contribution in [3.8, 4) is 0 Å². The van der Waals surface area contributed by atoms with Gasteiger partial charge in [-0.3, -0.25) is 0 Å². The molecule has 1 aromatic carbocycles. The van der Waals surface area contributed by atoms with E-state index in [0.717, 1.165) is 6.42 Å². The van der Waals surface area contributed by atoms with Crippen molar-refractivity contribution in [2.24, 2.45) is 0 Å². The molecule has 0 fully saturated rings. The van der Waals surface area contributed by atoms with Gasteiger partial charge in [-0.05, 0) is 30.5 Å². The van der Waals surface area contributed by atoms with Crippen molar-refractivity contribution < 1.29 is 5.11 Å². The summed E-state index contributed by atoms with van der Waals surface area (Å²) in [5.74, 6) is 0. The average Bonchev–Trinajstić information content (AvgIpc) is 2.08. The van der Waals surface area contributed by atoms with Crippen LogP contribution in [-0.2, 0) is 6.42 Å². The molecule has 0 saturated heterocycles. The number of hydrogen-bond acceptors (Lipinski definition) is 2. The normalized spacial score (nSPS) is 10.2. The largest absolute Gasteiger partial charge is 0.396 e. The summed E-state index contributed by atoms with van der Waals surface area (Å²) in [6.45, 7) is 2.30. The van der Waals surface area contributed by atoms with E-state index in [2.05, 4.69) is 24.0 Å². The summed E-state index contributed by atoms with van der Waals surface area (Å²) in [5, 5.41) is 8.93. The van der Waals surface area contributed by atoms with E-state index in [4.69, 9.17) is 5.11 Å². The van der Waals surface area contributed by atoms with E-state index in [1.54, 1.807) is 0 Å². The third-order valence-electron chi connectivity index (χ3n) is 2.23. The number of hydrogen-bond donors (Lipinski definition) is 1. The van der Waals surface area contributed by atoms with Crippen LogP contribution in [0.5, 0.6) is 0 Å². The number of aryl methyl sites for hydroxylation is 1. The first kappa shape index (κ1) is 10.1. The van der Waals surface area contributed by atoms with E-state index in [0.29, 0.717) is 0 Å². The molecule has 0 unspecified atom stereocenters. The third-order valence-corrected chi connectivity index (χ3v) is 2.23.